The van der Waals surface area contributed by atoms with Crippen molar-refractivity contribution in [3.05, 3.63) is 41.8 Å². The molecule has 1 aromatic carbocycles. The molecule has 2 heterocycles. The van der Waals surface area contributed by atoms with Crippen molar-refractivity contribution in [2.45, 2.75) is 44.0 Å². The van der Waals surface area contributed by atoms with Gasteiger partial charge in [-0.25, -0.2) is 0 Å². The SMILES string of the molecule is CCc1nnc(SCC(=O)N2CCC[C@H](N(C)Cc3ccccc3)C2)o1. The minimum atomic E-state index is 0.143. The van der Waals surface area contributed by atoms with E-state index in [2.05, 4.69) is 46.4 Å². The van der Waals surface area contributed by atoms with E-state index < -0.39 is 0 Å². The van der Waals surface area contributed by atoms with Crippen molar-refractivity contribution in [1.29, 1.82) is 0 Å². The third kappa shape index (κ3) is 5.08. The third-order valence-electron chi connectivity index (χ3n) is 4.72. The molecule has 1 aliphatic heterocycles. The predicted molar refractivity (Wildman–Crippen MR) is 102 cm³/mol. The van der Waals surface area contributed by atoms with Crippen LogP contribution in [-0.2, 0) is 17.8 Å². The number of aryl methyl sites for hydroxylation is 1. The lowest BCUT2D eigenvalue weighted by Crippen LogP contribution is -2.48. The number of nitrogens with zero attached hydrogens (tertiary/aromatic N) is 4. The summed E-state index contributed by atoms with van der Waals surface area (Å²) < 4.78 is 5.46. The fourth-order valence-corrected chi connectivity index (χ4v) is 3.88. The molecule has 2 aromatic rings. The fourth-order valence-electron chi connectivity index (χ4n) is 3.20. The normalized spacial score (nSPS) is 17.7. The first-order chi connectivity index (χ1) is 12.7. The topological polar surface area (TPSA) is 62.5 Å². The number of likely N-dealkylation sites (tertiary alicyclic amines) is 1. The Morgan fingerprint density at radius 3 is 2.88 bits per heavy atom. The molecule has 0 bridgehead atoms. The van der Waals surface area contributed by atoms with Gasteiger partial charge in [0.2, 0.25) is 11.8 Å². The molecule has 1 atom stereocenters. The second-order valence-corrected chi connectivity index (χ2v) is 7.57. The Balaban J connectivity index is 1.49. The number of aromatic nitrogens is 2. The predicted octanol–water partition coefficient (Wildman–Crippen LogP) is 2.85. The number of benzene rings is 1. The van der Waals surface area contributed by atoms with E-state index in [0.29, 0.717) is 29.3 Å². The summed E-state index contributed by atoms with van der Waals surface area (Å²) in [7, 11) is 2.14. The maximum absolute atomic E-state index is 12.6. The molecule has 0 saturated carbocycles. The van der Waals surface area contributed by atoms with Crippen molar-refractivity contribution in [3.8, 4) is 0 Å². The van der Waals surface area contributed by atoms with Crippen LogP contribution in [0.3, 0.4) is 0 Å². The lowest BCUT2D eigenvalue weighted by atomic mass is 10.0. The van der Waals surface area contributed by atoms with Crippen LogP contribution in [0.25, 0.3) is 0 Å². The highest BCUT2D eigenvalue weighted by Crippen LogP contribution is 2.20. The smallest absolute Gasteiger partial charge is 0.277 e. The molecule has 1 saturated heterocycles. The standard InChI is InChI=1S/C19H26N4O2S/c1-3-17-20-21-19(25-17)26-14-18(24)23-11-7-10-16(13-23)22(2)12-15-8-5-4-6-9-15/h4-6,8-9,16H,3,7,10-14H2,1-2H3/t16-/m0/s1. The number of thioether (sulfide) groups is 1. The van der Waals surface area contributed by atoms with Gasteiger partial charge in [-0.3, -0.25) is 9.69 Å². The van der Waals surface area contributed by atoms with Gasteiger partial charge >= 0.3 is 0 Å². The Morgan fingerprint density at radius 2 is 2.15 bits per heavy atom. The Hall–Kier alpha value is -1.86. The maximum atomic E-state index is 12.6. The maximum Gasteiger partial charge on any atom is 0.277 e. The summed E-state index contributed by atoms with van der Waals surface area (Å²) in [6.07, 6.45) is 2.88. The van der Waals surface area contributed by atoms with Crippen LogP contribution in [0, 0.1) is 0 Å². The molecule has 1 aromatic heterocycles. The highest BCUT2D eigenvalue weighted by atomic mass is 32.2. The van der Waals surface area contributed by atoms with Crippen LogP contribution < -0.4 is 0 Å². The van der Waals surface area contributed by atoms with Crippen molar-refractivity contribution in [2.75, 3.05) is 25.9 Å². The molecule has 1 aliphatic rings. The molecule has 0 radical (unpaired) electrons. The fraction of sp³-hybridized carbons (Fsp3) is 0.526. The first kappa shape index (κ1) is 18.9. The first-order valence-corrected chi connectivity index (χ1v) is 10.1. The van der Waals surface area contributed by atoms with E-state index >= 15 is 0 Å². The molecule has 6 nitrogen and oxygen atoms in total. The van der Waals surface area contributed by atoms with Gasteiger partial charge in [0.25, 0.3) is 5.22 Å². The number of likely N-dealkylation sites (N-methyl/N-ethyl adjacent to an activating group) is 1. The van der Waals surface area contributed by atoms with Gasteiger partial charge < -0.3 is 9.32 Å². The Morgan fingerprint density at radius 1 is 1.35 bits per heavy atom. The van der Waals surface area contributed by atoms with Gasteiger partial charge in [-0.05, 0) is 25.5 Å². The largest absolute Gasteiger partial charge is 0.416 e. The molecular weight excluding hydrogens is 348 g/mol. The van der Waals surface area contributed by atoms with Gasteiger partial charge in [-0.15, -0.1) is 10.2 Å². The molecule has 26 heavy (non-hydrogen) atoms. The van der Waals surface area contributed by atoms with Crippen LogP contribution in [0.15, 0.2) is 40.0 Å². The quantitative estimate of drug-likeness (QED) is 0.695. The summed E-state index contributed by atoms with van der Waals surface area (Å²) in [6, 6.07) is 10.9. The van der Waals surface area contributed by atoms with Gasteiger partial charge in [0, 0.05) is 32.1 Å². The average Bonchev–Trinajstić information content (AvgIpc) is 3.15. The number of rotatable bonds is 7. The van der Waals surface area contributed by atoms with Crippen molar-refractivity contribution < 1.29 is 9.21 Å². The van der Waals surface area contributed by atoms with E-state index in [9.17, 15) is 4.79 Å². The third-order valence-corrected chi connectivity index (χ3v) is 5.52. The van der Waals surface area contributed by atoms with E-state index in [-0.39, 0.29) is 5.91 Å². The minimum Gasteiger partial charge on any atom is -0.416 e. The summed E-state index contributed by atoms with van der Waals surface area (Å²) in [5.74, 6) is 1.10. The highest BCUT2D eigenvalue weighted by molar-refractivity contribution is 7.99. The average molecular weight is 375 g/mol. The monoisotopic (exact) mass is 374 g/mol. The van der Waals surface area contributed by atoms with E-state index in [1.165, 1.54) is 17.3 Å². The van der Waals surface area contributed by atoms with E-state index in [1.54, 1.807) is 0 Å². The van der Waals surface area contributed by atoms with Gasteiger partial charge in [0.15, 0.2) is 0 Å². The summed E-state index contributed by atoms with van der Waals surface area (Å²) >= 11 is 1.33. The molecular formula is C19H26N4O2S. The lowest BCUT2D eigenvalue weighted by molar-refractivity contribution is -0.130. The molecule has 1 amide bonds. The van der Waals surface area contributed by atoms with Crippen LogP contribution in [0.1, 0.15) is 31.2 Å². The van der Waals surface area contributed by atoms with Crippen molar-refractivity contribution in [1.82, 2.24) is 20.0 Å². The molecule has 0 N–H and O–H groups in total. The molecule has 1 fully saturated rings. The molecule has 0 aliphatic carbocycles. The summed E-state index contributed by atoms with van der Waals surface area (Å²) in [6.45, 7) is 4.49. The van der Waals surface area contributed by atoms with E-state index in [1.807, 2.05) is 17.9 Å². The van der Waals surface area contributed by atoms with Crippen LogP contribution in [0.2, 0.25) is 0 Å². The van der Waals surface area contributed by atoms with Crippen molar-refractivity contribution in [2.24, 2.45) is 0 Å². The molecule has 140 valence electrons. The second kappa shape index (κ2) is 9.19. The van der Waals surface area contributed by atoms with Crippen molar-refractivity contribution in [3.63, 3.8) is 0 Å². The first-order valence-electron chi connectivity index (χ1n) is 9.13. The second-order valence-electron chi connectivity index (χ2n) is 6.64. The zero-order valence-corrected chi connectivity index (χ0v) is 16.2. The Bertz CT molecular complexity index is 707. The van der Waals surface area contributed by atoms with Crippen LogP contribution >= 0.6 is 11.8 Å². The van der Waals surface area contributed by atoms with Crippen LogP contribution in [0.5, 0.6) is 0 Å². The zero-order valence-electron chi connectivity index (χ0n) is 15.4. The number of amides is 1. The summed E-state index contributed by atoms with van der Waals surface area (Å²) in [4.78, 5) is 16.9. The van der Waals surface area contributed by atoms with Gasteiger partial charge in [-0.1, -0.05) is 49.0 Å². The zero-order chi connectivity index (χ0) is 18.4. The Kier molecular flexibility index (Phi) is 6.68. The minimum absolute atomic E-state index is 0.143. The summed E-state index contributed by atoms with van der Waals surface area (Å²) in [5, 5.41) is 8.37. The van der Waals surface area contributed by atoms with Crippen LogP contribution in [-0.4, -0.2) is 57.8 Å². The van der Waals surface area contributed by atoms with Gasteiger partial charge in [-0.2, -0.15) is 0 Å². The molecule has 0 unspecified atom stereocenters. The van der Waals surface area contributed by atoms with Gasteiger partial charge in [0.1, 0.15) is 0 Å². The van der Waals surface area contributed by atoms with E-state index in [0.717, 1.165) is 32.5 Å². The van der Waals surface area contributed by atoms with Crippen molar-refractivity contribution >= 4 is 17.7 Å². The van der Waals surface area contributed by atoms with E-state index in [4.69, 9.17) is 4.42 Å². The van der Waals surface area contributed by atoms with Crippen LogP contribution in [0.4, 0.5) is 0 Å². The van der Waals surface area contributed by atoms with Gasteiger partial charge in [0.05, 0.1) is 5.75 Å². The number of hydrogen-bond acceptors (Lipinski definition) is 6. The molecule has 7 heteroatoms. The number of carbonyl (C=O) groups is 1. The number of hydrogen-bond donors (Lipinski definition) is 0. The number of piperidine rings is 1. The lowest BCUT2D eigenvalue weighted by Gasteiger charge is -2.37. The Labute approximate surface area is 159 Å². The molecule has 3 rings (SSSR count). The molecule has 0 spiro atoms. The summed E-state index contributed by atoms with van der Waals surface area (Å²) in [5.41, 5.74) is 1.30. The highest BCUT2D eigenvalue weighted by Gasteiger charge is 2.26. The number of carbonyl (C=O) groups excluding carboxylic acids is 1.